The third-order valence-corrected chi connectivity index (χ3v) is 4.86. The molecular weight excluding hydrogens is 352 g/mol. The van der Waals surface area contributed by atoms with Gasteiger partial charge >= 0.3 is 0 Å². The molecule has 26 heavy (non-hydrogen) atoms. The molecule has 2 aromatic rings. The topological polar surface area (TPSA) is 66.9 Å². The second-order valence-electron chi connectivity index (χ2n) is 5.56. The largest absolute Gasteiger partial charge is 0.494 e. The van der Waals surface area contributed by atoms with Crippen LogP contribution in [-0.2, 0) is 9.59 Å². The summed E-state index contributed by atoms with van der Waals surface area (Å²) in [4.78, 5) is 40.0. The molecule has 1 heterocycles. The number of thioether (sulfide) groups is 1. The first-order chi connectivity index (χ1) is 12.5. The fourth-order valence-electron chi connectivity index (χ4n) is 2.72. The molecule has 1 aliphatic heterocycles. The van der Waals surface area contributed by atoms with Crippen molar-refractivity contribution in [2.24, 2.45) is 0 Å². The normalized spacial score (nSPS) is 16.7. The van der Waals surface area contributed by atoms with E-state index in [9.17, 15) is 14.4 Å². The number of rotatable bonds is 5. The van der Waals surface area contributed by atoms with E-state index < -0.39 is 16.5 Å². The van der Waals surface area contributed by atoms with Gasteiger partial charge in [0.1, 0.15) is 5.75 Å². The fraction of sp³-hybridized carbons (Fsp3) is 0.211. The number of amides is 3. The maximum Gasteiger partial charge on any atom is 0.295 e. The molecule has 0 spiro atoms. The number of anilines is 2. The van der Waals surface area contributed by atoms with Crippen LogP contribution < -0.4 is 14.5 Å². The van der Waals surface area contributed by atoms with Gasteiger partial charge in [0.25, 0.3) is 11.1 Å². The molecule has 7 heteroatoms. The molecule has 0 bridgehead atoms. The van der Waals surface area contributed by atoms with Crippen molar-refractivity contribution in [1.82, 2.24) is 0 Å². The molecule has 2 aromatic carbocycles. The Morgan fingerprint density at radius 2 is 1.77 bits per heavy atom. The summed E-state index contributed by atoms with van der Waals surface area (Å²) >= 11 is 0.834. The van der Waals surface area contributed by atoms with Crippen molar-refractivity contribution in [3.63, 3.8) is 0 Å². The van der Waals surface area contributed by atoms with Crippen LogP contribution in [0.15, 0.2) is 54.6 Å². The van der Waals surface area contributed by atoms with E-state index in [4.69, 9.17) is 4.74 Å². The van der Waals surface area contributed by atoms with Gasteiger partial charge in [0.2, 0.25) is 5.91 Å². The van der Waals surface area contributed by atoms with Crippen molar-refractivity contribution in [2.75, 3.05) is 16.4 Å². The zero-order valence-electron chi connectivity index (χ0n) is 14.4. The van der Waals surface area contributed by atoms with E-state index in [2.05, 4.69) is 0 Å². The summed E-state index contributed by atoms with van der Waals surface area (Å²) < 4.78 is 5.40. The van der Waals surface area contributed by atoms with E-state index in [-0.39, 0.29) is 5.91 Å². The summed E-state index contributed by atoms with van der Waals surface area (Å²) in [6.45, 7) is 3.79. The van der Waals surface area contributed by atoms with Crippen molar-refractivity contribution in [3.05, 3.63) is 54.6 Å². The van der Waals surface area contributed by atoms with Crippen molar-refractivity contribution in [1.29, 1.82) is 0 Å². The monoisotopic (exact) mass is 370 g/mol. The molecule has 1 aliphatic rings. The van der Waals surface area contributed by atoms with Gasteiger partial charge in [-0.1, -0.05) is 18.2 Å². The Balaban J connectivity index is 1.90. The van der Waals surface area contributed by atoms with Gasteiger partial charge in [-0.3, -0.25) is 19.3 Å². The van der Waals surface area contributed by atoms with Crippen LogP contribution in [0, 0.1) is 0 Å². The summed E-state index contributed by atoms with van der Waals surface area (Å²) in [5.74, 6) is -0.0786. The highest BCUT2D eigenvalue weighted by molar-refractivity contribution is 8.16. The highest BCUT2D eigenvalue weighted by Crippen LogP contribution is 2.36. The molecule has 3 amide bonds. The number of carbonyl (C=O) groups is 3. The molecule has 0 aromatic heterocycles. The van der Waals surface area contributed by atoms with Crippen molar-refractivity contribution in [2.45, 2.75) is 19.2 Å². The van der Waals surface area contributed by atoms with E-state index >= 15 is 0 Å². The van der Waals surface area contributed by atoms with E-state index in [1.807, 2.05) is 6.92 Å². The van der Waals surface area contributed by atoms with Gasteiger partial charge in [0, 0.05) is 12.6 Å². The van der Waals surface area contributed by atoms with Gasteiger partial charge in [0.15, 0.2) is 5.37 Å². The Kier molecular flexibility index (Phi) is 5.27. The summed E-state index contributed by atoms with van der Waals surface area (Å²) in [5.41, 5.74) is 1.03. The summed E-state index contributed by atoms with van der Waals surface area (Å²) in [7, 11) is 0. The Hall–Kier alpha value is -2.80. The molecule has 0 unspecified atom stereocenters. The average Bonchev–Trinajstić information content (AvgIpc) is 2.91. The van der Waals surface area contributed by atoms with Crippen LogP contribution in [0.4, 0.5) is 16.2 Å². The van der Waals surface area contributed by atoms with E-state index in [1.54, 1.807) is 54.6 Å². The molecular formula is C19H18N2O4S. The summed E-state index contributed by atoms with van der Waals surface area (Å²) in [6.07, 6.45) is 0. The van der Waals surface area contributed by atoms with Gasteiger partial charge in [-0.25, -0.2) is 4.90 Å². The molecule has 0 aliphatic carbocycles. The van der Waals surface area contributed by atoms with Gasteiger partial charge < -0.3 is 4.74 Å². The maximum absolute atomic E-state index is 12.9. The molecule has 1 saturated heterocycles. The molecule has 0 radical (unpaired) electrons. The highest BCUT2D eigenvalue weighted by atomic mass is 32.2. The van der Waals surface area contributed by atoms with Gasteiger partial charge in [0.05, 0.1) is 12.3 Å². The predicted molar refractivity (Wildman–Crippen MR) is 101 cm³/mol. The second-order valence-corrected chi connectivity index (χ2v) is 6.59. The van der Waals surface area contributed by atoms with Crippen molar-refractivity contribution in [3.8, 4) is 5.75 Å². The number of hydrogen-bond donors (Lipinski definition) is 0. The lowest BCUT2D eigenvalue weighted by Crippen LogP contribution is -2.44. The molecule has 0 N–H and O–H groups in total. The Bertz CT molecular complexity index is 823. The van der Waals surface area contributed by atoms with Crippen LogP contribution in [0.1, 0.15) is 13.8 Å². The smallest absolute Gasteiger partial charge is 0.295 e. The number of para-hydroxylation sites is 1. The number of imide groups is 1. The zero-order valence-corrected chi connectivity index (χ0v) is 15.2. The minimum absolute atomic E-state index is 0.317. The summed E-state index contributed by atoms with van der Waals surface area (Å²) in [5, 5.41) is -1.33. The maximum atomic E-state index is 12.9. The van der Waals surface area contributed by atoms with Crippen LogP contribution in [0.25, 0.3) is 0 Å². The Morgan fingerprint density at radius 3 is 2.35 bits per heavy atom. The third-order valence-electron chi connectivity index (χ3n) is 3.84. The van der Waals surface area contributed by atoms with E-state index in [0.717, 1.165) is 16.7 Å². The van der Waals surface area contributed by atoms with Crippen molar-refractivity contribution < 1.29 is 19.1 Å². The van der Waals surface area contributed by atoms with Crippen LogP contribution in [0.5, 0.6) is 5.75 Å². The minimum Gasteiger partial charge on any atom is -0.494 e. The van der Waals surface area contributed by atoms with Crippen molar-refractivity contribution >= 4 is 40.2 Å². The van der Waals surface area contributed by atoms with Gasteiger partial charge in [-0.2, -0.15) is 0 Å². The molecule has 0 saturated carbocycles. The second kappa shape index (κ2) is 7.61. The third kappa shape index (κ3) is 3.43. The number of ether oxygens (including phenoxy) is 1. The lowest BCUT2D eigenvalue weighted by molar-refractivity contribution is -0.121. The Morgan fingerprint density at radius 1 is 1.12 bits per heavy atom. The standard InChI is InChI=1S/C19H18N2O4S/c1-3-25-16-11-9-15(10-12-16)20(13(2)22)18-17(23)21(19(24)26-18)14-7-5-4-6-8-14/h4-12,18H,3H2,1-2H3/t18-/m1/s1. The SMILES string of the molecule is CCOc1ccc(N(C(C)=O)[C@@H]2SC(=O)N(c3ccccc3)C2=O)cc1. The summed E-state index contributed by atoms with van der Waals surface area (Å²) in [6, 6.07) is 15.6. The Labute approximate surface area is 155 Å². The minimum atomic E-state index is -0.932. The quantitative estimate of drug-likeness (QED) is 0.803. The van der Waals surface area contributed by atoms with Crippen LogP contribution in [-0.4, -0.2) is 29.0 Å². The number of hydrogen-bond acceptors (Lipinski definition) is 5. The van der Waals surface area contributed by atoms with Gasteiger partial charge in [-0.05, 0) is 55.1 Å². The molecule has 1 fully saturated rings. The fourth-order valence-corrected chi connectivity index (χ4v) is 3.80. The van der Waals surface area contributed by atoms with Crippen LogP contribution in [0.3, 0.4) is 0 Å². The average molecular weight is 370 g/mol. The number of benzene rings is 2. The number of carbonyl (C=O) groups excluding carboxylic acids is 3. The molecule has 1 atom stereocenters. The zero-order chi connectivity index (χ0) is 18.7. The van der Waals surface area contributed by atoms with Crippen LogP contribution >= 0.6 is 11.8 Å². The first-order valence-corrected chi connectivity index (χ1v) is 9.03. The van der Waals surface area contributed by atoms with Crippen LogP contribution in [0.2, 0.25) is 0 Å². The van der Waals surface area contributed by atoms with Gasteiger partial charge in [-0.15, -0.1) is 0 Å². The number of nitrogens with zero attached hydrogens (tertiary/aromatic N) is 2. The first-order valence-electron chi connectivity index (χ1n) is 8.15. The van der Waals surface area contributed by atoms with E-state index in [0.29, 0.717) is 23.7 Å². The van der Waals surface area contributed by atoms with E-state index in [1.165, 1.54) is 11.8 Å². The predicted octanol–water partition coefficient (Wildman–Crippen LogP) is 3.66. The molecule has 3 rings (SSSR count). The molecule has 134 valence electrons. The lowest BCUT2D eigenvalue weighted by Gasteiger charge is -2.25. The highest BCUT2D eigenvalue weighted by Gasteiger charge is 2.45. The lowest BCUT2D eigenvalue weighted by atomic mass is 10.2. The first kappa shape index (κ1) is 18.0. The molecule has 6 nitrogen and oxygen atoms in total.